The van der Waals surface area contributed by atoms with Gasteiger partial charge in [-0.05, 0) is 24.6 Å². The monoisotopic (exact) mass is 327 g/mol. The molecule has 0 bridgehead atoms. The van der Waals surface area contributed by atoms with Crippen molar-refractivity contribution in [1.82, 2.24) is 9.97 Å². The zero-order chi connectivity index (χ0) is 17.1. The molecule has 0 fully saturated rings. The maximum Gasteiger partial charge on any atom is 0.256 e. The summed E-state index contributed by atoms with van der Waals surface area (Å²) in [7, 11) is 0. The van der Waals surface area contributed by atoms with Crippen molar-refractivity contribution in [1.29, 1.82) is 0 Å². The van der Waals surface area contributed by atoms with Crippen molar-refractivity contribution in [2.24, 2.45) is 0 Å². The minimum Gasteiger partial charge on any atom is -0.323 e. The van der Waals surface area contributed by atoms with Crippen molar-refractivity contribution in [3.8, 4) is 0 Å². The minimum absolute atomic E-state index is 0.0368. The molecular formula is C18H15F2N3O. The highest BCUT2D eigenvalue weighted by Gasteiger charge is 2.11. The van der Waals surface area contributed by atoms with Gasteiger partial charge in [0.25, 0.3) is 5.56 Å². The molecule has 0 unspecified atom stereocenters. The lowest BCUT2D eigenvalue weighted by Crippen LogP contribution is -2.18. The number of aromatic amines is 1. The first-order valence-corrected chi connectivity index (χ1v) is 7.39. The summed E-state index contributed by atoms with van der Waals surface area (Å²) in [6, 6.07) is 12.7. The molecule has 3 aromatic rings. The van der Waals surface area contributed by atoms with E-state index in [1.165, 1.54) is 6.07 Å². The molecule has 2 aromatic carbocycles. The van der Waals surface area contributed by atoms with E-state index in [2.05, 4.69) is 15.3 Å². The third-order valence-corrected chi connectivity index (χ3v) is 3.63. The largest absolute Gasteiger partial charge is 0.323 e. The molecule has 0 aliphatic heterocycles. The Morgan fingerprint density at radius 3 is 2.54 bits per heavy atom. The summed E-state index contributed by atoms with van der Waals surface area (Å²) in [5.74, 6) is -1.32. The second-order valence-electron chi connectivity index (χ2n) is 5.39. The summed E-state index contributed by atoms with van der Waals surface area (Å²) >= 11 is 0. The van der Waals surface area contributed by atoms with Crippen LogP contribution in [0.4, 0.5) is 20.4 Å². The lowest BCUT2D eigenvalue weighted by atomic mass is 10.1. The van der Waals surface area contributed by atoms with Crippen LogP contribution in [0.15, 0.2) is 53.3 Å². The van der Waals surface area contributed by atoms with Gasteiger partial charge in [-0.25, -0.2) is 13.8 Å². The Morgan fingerprint density at radius 1 is 1.12 bits per heavy atom. The SMILES string of the molecule is Cc1nc(Nc2ccc(F)cc2F)[nH]c(=O)c1Cc1ccccc1. The van der Waals surface area contributed by atoms with Crippen LogP contribution in [-0.4, -0.2) is 9.97 Å². The van der Waals surface area contributed by atoms with E-state index in [9.17, 15) is 13.6 Å². The van der Waals surface area contributed by atoms with Crippen LogP contribution in [-0.2, 0) is 6.42 Å². The van der Waals surface area contributed by atoms with Crippen LogP contribution >= 0.6 is 0 Å². The summed E-state index contributed by atoms with van der Waals surface area (Å²) < 4.78 is 26.6. The number of nitrogens with one attached hydrogen (secondary N) is 2. The second kappa shape index (κ2) is 6.62. The molecule has 122 valence electrons. The van der Waals surface area contributed by atoms with Gasteiger partial charge in [-0.1, -0.05) is 30.3 Å². The van der Waals surface area contributed by atoms with E-state index in [1.807, 2.05) is 30.3 Å². The van der Waals surface area contributed by atoms with Crippen molar-refractivity contribution in [3.05, 3.63) is 87.3 Å². The van der Waals surface area contributed by atoms with Crippen LogP contribution in [0.1, 0.15) is 16.8 Å². The first-order chi connectivity index (χ1) is 11.5. The van der Waals surface area contributed by atoms with E-state index in [0.29, 0.717) is 17.7 Å². The highest BCUT2D eigenvalue weighted by Crippen LogP contribution is 2.18. The van der Waals surface area contributed by atoms with E-state index >= 15 is 0 Å². The topological polar surface area (TPSA) is 57.8 Å². The number of aromatic nitrogens is 2. The molecule has 0 aliphatic rings. The Labute approximate surface area is 137 Å². The minimum atomic E-state index is -0.760. The van der Waals surface area contributed by atoms with Gasteiger partial charge in [0, 0.05) is 18.1 Å². The Balaban J connectivity index is 1.88. The standard InChI is InChI=1S/C18H15F2N3O/c1-11-14(9-12-5-3-2-4-6-12)17(24)23-18(21-11)22-16-8-7-13(19)10-15(16)20/h2-8,10H,9H2,1H3,(H2,21,22,23,24). The average molecular weight is 327 g/mol. The van der Waals surface area contributed by atoms with Crippen LogP contribution in [0.2, 0.25) is 0 Å². The van der Waals surface area contributed by atoms with E-state index in [1.54, 1.807) is 6.92 Å². The van der Waals surface area contributed by atoms with Crippen LogP contribution in [0, 0.1) is 18.6 Å². The Morgan fingerprint density at radius 2 is 1.88 bits per heavy atom. The number of H-pyrrole nitrogens is 1. The molecule has 1 heterocycles. The van der Waals surface area contributed by atoms with Crippen LogP contribution in [0.3, 0.4) is 0 Å². The maximum absolute atomic E-state index is 13.7. The van der Waals surface area contributed by atoms with Gasteiger partial charge < -0.3 is 5.32 Å². The third kappa shape index (κ3) is 3.48. The molecule has 1 aromatic heterocycles. The first-order valence-electron chi connectivity index (χ1n) is 7.39. The highest BCUT2D eigenvalue weighted by molar-refractivity contribution is 5.54. The Kier molecular flexibility index (Phi) is 4.37. The number of anilines is 2. The molecular weight excluding hydrogens is 312 g/mol. The fraction of sp³-hybridized carbons (Fsp3) is 0.111. The Hall–Kier alpha value is -3.02. The van der Waals surface area contributed by atoms with Crippen LogP contribution in [0.5, 0.6) is 0 Å². The molecule has 4 nitrogen and oxygen atoms in total. The predicted molar refractivity (Wildman–Crippen MR) is 88.5 cm³/mol. The van der Waals surface area contributed by atoms with E-state index in [4.69, 9.17) is 0 Å². The van der Waals surface area contributed by atoms with Gasteiger partial charge in [0.1, 0.15) is 11.6 Å². The van der Waals surface area contributed by atoms with Gasteiger partial charge in [0.15, 0.2) is 0 Å². The maximum atomic E-state index is 13.7. The summed E-state index contributed by atoms with van der Waals surface area (Å²) in [6.45, 7) is 1.72. The fourth-order valence-electron chi connectivity index (χ4n) is 2.40. The molecule has 0 saturated carbocycles. The van der Waals surface area contributed by atoms with E-state index < -0.39 is 11.6 Å². The number of nitrogens with zero attached hydrogens (tertiary/aromatic N) is 1. The zero-order valence-corrected chi connectivity index (χ0v) is 12.9. The third-order valence-electron chi connectivity index (χ3n) is 3.63. The molecule has 0 saturated heterocycles. The molecule has 0 atom stereocenters. The Bertz CT molecular complexity index is 923. The van der Waals surface area contributed by atoms with Gasteiger partial charge >= 0.3 is 0 Å². The van der Waals surface area contributed by atoms with Gasteiger partial charge in [0.05, 0.1) is 11.4 Å². The summed E-state index contributed by atoms with van der Waals surface area (Å²) in [6.07, 6.45) is 0.459. The molecule has 3 rings (SSSR count). The summed E-state index contributed by atoms with van der Waals surface area (Å²) in [5, 5.41) is 2.66. The molecule has 0 amide bonds. The van der Waals surface area contributed by atoms with E-state index in [0.717, 1.165) is 17.7 Å². The van der Waals surface area contributed by atoms with Gasteiger partial charge in [0.2, 0.25) is 5.95 Å². The number of hydrogen-bond donors (Lipinski definition) is 2. The predicted octanol–water partition coefficient (Wildman–Crippen LogP) is 3.69. The number of halogens is 2. The molecule has 0 radical (unpaired) electrons. The first kappa shape index (κ1) is 15.9. The van der Waals surface area contributed by atoms with Crippen molar-refractivity contribution in [2.75, 3.05) is 5.32 Å². The van der Waals surface area contributed by atoms with Crippen molar-refractivity contribution in [2.45, 2.75) is 13.3 Å². The van der Waals surface area contributed by atoms with Crippen molar-refractivity contribution in [3.63, 3.8) is 0 Å². The lowest BCUT2D eigenvalue weighted by molar-refractivity contribution is 0.586. The number of aryl methyl sites for hydroxylation is 1. The summed E-state index contributed by atoms with van der Waals surface area (Å²) in [4.78, 5) is 19.2. The number of benzene rings is 2. The van der Waals surface area contributed by atoms with Gasteiger partial charge in [-0.15, -0.1) is 0 Å². The quantitative estimate of drug-likeness (QED) is 0.768. The smallest absolute Gasteiger partial charge is 0.256 e. The van der Waals surface area contributed by atoms with E-state index in [-0.39, 0.29) is 17.2 Å². The van der Waals surface area contributed by atoms with Gasteiger partial charge in [-0.2, -0.15) is 0 Å². The van der Waals surface area contributed by atoms with Crippen molar-refractivity contribution >= 4 is 11.6 Å². The van der Waals surface area contributed by atoms with Crippen molar-refractivity contribution < 1.29 is 8.78 Å². The molecule has 2 N–H and O–H groups in total. The normalized spacial score (nSPS) is 10.6. The average Bonchev–Trinajstić information content (AvgIpc) is 2.55. The number of hydrogen-bond acceptors (Lipinski definition) is 3. The molecule has 6 heteroatoms. The second-order valence-corrected chi connectivity index (χ2v) is 5.39. The molecule has 0 aliphatic carbocycles. The van der Waals surface area contributed by atoms with Gasteiger partial charge in [-0.3, -0.25) is 9.78 Å². The fourth-order valence-corrected chi connectivity index (χ4v) is 2.40. The summed E-state index contributed by atoms with van der Waals surface area (Å²) in [5.41, 5.74) is 1.84. The molecule has 24 heavy (non-hydrogen) atoms. The molecule has 0 spiro atoms. The zero-order valence-electron chi connectivity index (χ0n) is 12.9. The number of rotatable bonds is 4. The lowest BCUT2D eigenvalue weighted by Gasteiger charge is -2.10. The van der Waals surface area contributed by atoms with Crippen LogP contribution < -0.4 is 10.9 Å². The van der Waals surface area contributed by atoms with Crippen LogP contribution in [0.25, 0.3) is 0 Å². The highest BCUT2D eigenvalue weighted by atomic mass is 19.1.